The van der Waals surface area contributed by atoms with Gasteiger partial charge in [-0.05, 0) is 32.8 Å². The molecule has 1 aliphatic rings. The third kappa shape index (κ3) is 4.84. The Labute approximate surface area is 173 Å². The van der Waals surface area contributed by atoms with Gasteiger partial charge in [0, 0.05) is 18.5 Å². The van der Waals surface area contributed by atoms with E-state index in [9.17, 15) is 19.2 Å². The van der Waals surface area contributed by atoms with E-state index >= 15 is 0 Å². The first kappa shape index (κ1) is 21.5. The second-order valence-electron chi connectivity index (χ2n) is 7.39. The highest BCUT2D eigenvalue weighted by molar-refractivity contribution is 5.91. The van der Waals surface area contributed by atoms with E-state index < -0.39 is 6.04 Å². The second kappa shape index (κ2) is 9.51. The third-order valence-corrected chi connectivity index (χ3v) is 5.20. The highest BCUT2D eigenvalue weighted by Gasteiger charge is 2.31. The molecule has 1 aliphatic heterocycles. The zero-order valence-electron chi connectivity index (χ0n) is 17.1. The molecular formula is C21H26N4O5. The van der Waals surface area contributed by atoms with Gasteiger partial charge in [0.15, 0.2) is 0 Å². The van der Waals surface area contributed by atoms with Crippen molar-refractivity contribution in [2.45, 2.75) is 39.2 Å². The number of piperidine rings is 1. The summed E-state index contributed by atoms with van der Waals surface area (Å²) in [5.41, 5.74) is 0.113. The molecule has 1 aromatic heterocycles. The van der Waals surface area contributed by atoms with Gasteiger partial charge >= 0.3 is 5.97 Å². The Morgan fingerprint density at radius 3 is 2.77 bits per heavy atom. The molecule has 9 nitrogen and oxygen atoms in total. The predicted molar refractivity (Wildman–Crippen MR) is 110 cm³/mol. The Morgan fingerprint density at radius 1 is 1.30 bits per heavy atom. The average Bonchev–Trinajstić information content (AvgIpc) is 2.75. The van der Waals surface area contributed by atoms with Crippen LogP contribution in [0.1, 0.15) is 32.4 Å². The molecule has 1 saturated heterocycles. The lowest BCUT2D eigenvalue weighted by atomic mass is 9.97. The normalized spacial score (nSPS) is 17.4. The number of amides is 2. The van der Waals surface area contributed by atoms with E-state index in [2.05, 4.69) is 15.5 Å². The van der Waals surface area contributed by atoms with Gasteiger partial charge in [-0.1, -0.05) is 18.2 Å². The molecule has 9 heteroatoms. The van der Waals surface area contributed by atoms with Crippen LogP contribution in [0.2, 0.25) is 0 Å². The van der Waals surface area contributed by atoms with Crippen molar-refractivity contribution in [1.82, 2.24) is 20.4 Å². The lowest BCUT2D eigenvalue weighted by Crippen LogP contribution is -2.51. The average molecular weight is 414 g/mol. The van der Waals surface area contributed by atoms with Gasteiger partial charge in [-0.15, -0.1) is 0 Å². The number of H-pyrrole nitrogens is 1. The summed E-state index contributed by atoms with van der Waals surface area (Å²) < 4.78 is 5.07. The number of benzene rings is 1. The van der Waals surface area contributed by atoms with E-state index in [-0.39, 0.29) is 35.7 Å². The molecule has 2 N–H and O–H groups in total. The molecular weight excluding hydrogens is 388 g/mol. The summed E-state index contributed by atoms with van der Waals surface area (Å²) in [6.45, 7) is 4.52. The molecule has 0 aliphatic carbocycles. The molecule has 1 aromatic carbocycles. The number of aromatic amines is 1. The van der Waals surface area contributed by atoms with Crippen LogP contribution in [0.3, 0.4) is 0 Å². The number of hydrogen-bond acceptors (Lipinski definition) is 6. The van der Waals surface area contributed by atoms with Crippen LogP contribution < -0.4 is 10.9 Å². The minimum Gasteiger partial charge on any atom is -0.466 e. The van der Waals surface area contributed by atoms with Crippen LogP contribution in [0.25, 0.3) is 10.8 Å². The van der Waals surface area contributed by atoms with E-state index in [4.69, 9.17) is 4.74 Å². The van der Waals surface area contributed by atoms with E-state index in [1.54, 1.807) is 43.0 Å². The summed E-state index contributed by atoms with van der Waals surface area (Å²) in [4.78, 5) is 50.7. The maximum atomic E-state index is 12.8. The van der Waals surface area contributed by atoms with Gasteiger partial charge in [0.2, 0.25) is 11.8 Å². The van der Waals surface area contributed by atoms with Crippen molar-refractivity contribution in [3.05, 3.63) is 40.3 Å². The molecule has 0 unspecified atom stereocenters. The van der Waals surface area contributed by atoms with E-state index in [0.717, 1.165) is 0 Å². The quantitative estimate of drug-likeness (QED) is 0.674. The second-order valence-corrected chi connectivity index (χ2v) is 7.39. The number of ether oxygens (including phenoxy) is 1. The molecule has 2 amide bonds. The number of nitrogens with zero attached hydrogens (tertiary/aromatic N) is 2. The lowest BCUT2D eigenvalue weighted by molar-refractivity contribution is -0.151. The molecule has 2 aromatic rings. The maximum Gasteiger partial charge on any atom is 0.310 e. The monoisotopic (exact) mass is 414 g/mol. The molecule has 1 fully saturated rings. The lowest BCUT2D eigenvalue weighted by Gasteiger charge is -2.33. The number of hydrogen-bond donors (Lipinski definition) is 2. The first-order chi connectivity index (χ1) is 14.4. The van der Waals surface area contributed by atoms with Crippen molar-refractivity contribution in [2.24, 2.45) is 5.92 Å². The fourth-order valence-electron chi connectivity index (χ4n) is 3.72. The SMILES string of the molecule is CCOC(=O)[C@H]1CCCN(C(=O)[C@H](C)NC(=O)Cc2n[nH]c(=O)c3ccccc23)C1. The summed E-state index contributed by atoms with van der Waals surface area (Å²) in [6.07, 6.45) is 1.33. The minimum atomic E-state index is -0.743. The Bertz CT molecular complexity index is 1000. The molecule has 3 rings (SSSR count). The van der Waals surface area contributed by atoms with E-state index in [1.807, 2.05) is 0 Å². The highest BCUT2D eigenvalue weighted by Crippen LogP contribution is 2.19. The molecule has 0 spiro atoms. The van der Waals surface area contributed by atoms with Crippen LogP contribution in [0, 0.1) is 5.92 Å². The van der Waals surface area contributed by atoms with Crippen LogP contribution >= 0.6 is 0 Å². The summed E-state index contributed by atoms with van der Waals surface area (Å²) in [6, 6.07) is 6.17. The number of carbonyl (C=O) groups is 3. The Morgan fingerprint density at radius 2 is 2.03 bits per heavy atom. The zero-order chi connectivity index (χ0) is 21.7. The van der Waals surface area contributed by atoms with Crippen molar-refractivity contribution in [2.75, 3.05) is 19.7 Å². The Hall–Kier alpha value is -3.23. The van der Waals surface area contributed by atoms with Crippen molar-refractivity contribution in [3.8, 4) is 0 Å². The summed E-state index contributed by atoms with van der Waals surface area (Å²) >= 11 is 0. The number of rotatable bonds is 6. The molecule has 0 saturated carbocycles. The first-order valence-electron chi connectivity index (χ1n) is 10.1. The zero-order valence-corrected chi connectivity index (χ0v) is 17.1. The van der Waals surface area contributed by atoms with Gasteiger partial charge in [0.05, 0.1) is 30.0 Å². The van der Waals surface area contributed by atoms with Gasteiger partial charge in [-0.2, -0.15) is 5.10 Å². The molecule has 160 valence electrons. The molecule has 30 heavy (non-hydrogen) atoms. The fourth-order valence-corrected chi connectivity index (χ4v) is 3.72. The number of carbonyl (C=O) groups excluding carboxylic acids is 3. The number of esters is 1. The minimum absolute atomic E-state index is 0.0691. The fraction of sp³-hybridized carbons (Fsp3) is 0.476. The number of nitrogens with one attached hydrogen (secondary N) is 2. The Kier molecular flexibility index (Phi) is 6.81. The third-order valence-electron chi connectivity index (χ3n) is 5.20. The molecule has 2 heterocycles. The van der Waals surface area contributed by atoms with Crippen LogP contribution in [-0.2, 0) is 25.5 Å². The van der Waals surface area contributed by atoms with Gasteiger partial charge in [0.1, 0.15) is 6.04 Å². The summed E-state index contributed by atoms with van der Waals surface area (Å²) in [7, 11) is 0. The van der Waals surface area contributed by atoms with Crippen LogP contribution in [0.4, 0.5) is 0 Å². The summed E-state index contributed by atoms with van der Waals surface area (Å²) in [5, 5.41) is 10.1. The first-order valence-corrected chi connectivity index (χ1v) is 10.1. The van der Waals surface area contributed by atoms with Gasteiger partial charge in [0.25, 0.3) is 5.56 Å². The number of aromatic nitrogens is 2. The summed E-state index contributed by atoms with van der Waals surface area (Å²) in [5.74, 6) is -1.24. The van der Waals surface area contributed by atoms with Crippen molar-refractivity contribution >= 4 is 28.6 Å². The van der Waals surface area contributed by atoms with Gasteiger partial charge < -0.3 is 15.0 Å². The van der Waals surface area contributed by atoms with Crippen LogP contribution in [0.5, 0.6) is 0 Å². The number of fused-ring (bicyclic) bond motifs is 1. The van der Waals surface area contributed by atoms with Gasteiger partial charge in [-0.3, -0.25) is 19.2 Å². The van der Waals surface area contributed by atoms with Crippen molar-refractivity contribution in [1.29, 1.82) is 0 Å². The predicted octanol–water partition coefficient (Wildman–Crippen LogP) is 0.772. The molecule has 2 atom stereocenters. The Balaban J connectivity index is 1.62. The topological polar surface area (TPSA) is 121 Å². The smallest absolute Gasteiger partial charge is 0.310 e. The van der Waals surface area contributed by atoms with Crippen molar-refractivity contribution in [3.63, 3.8) is 0 Å². The van der Waals surface area contributed by atoms with Gasteiger partial charge in [-0.25, -0.2) is 5.10 Å². The van der Waals surface area contributed by atoms with Crippen molar-refractivity contribution < 1.29 is 19.1 Å². The van der Waals surface area contributed by atoms with Crippen LogP contribution in [0.15, 0.2) is 29.1 Å². The van der Waals surface area contributed by atoms with Crippen LogP contribution in [-0.4, -0.2) is 58.6 Å². The largest absolute Gasteiger partial charge is 0.466 e. The molecule has 0 radical (unpaired) electrons. The highest BCUT2D eigenvalue weighted by atomic mass is 16.5. The number of likely N-dealkylation sites (tertiary alicyclic amines) is 1. The van der Waals surface area contributed by atoms with E-state index in [0.29, 0.717) is 49.0 Å². The van der Waals surface area contributed by atoms with E-state index in [1.165, 1.54) is 0 Å². The standard InChI is InChI=1S/C21H26N4O5/c1-3-30-21(29)14-7-6-10-25(12-14)20(28)13(2)22-18(26)11-17-15-8-4-5-9-16(15)19(27)24-23-17/h4-5,8-9,13-14H,3,6-7,10-12H2,1-2H3,(H,22,26)(H,24,27)/t13-,14-/m0/s1. The maximum absolute atomic E-state index is 12.8. The molecule has 0 bridgehead atoms.